The fourth-order valence-corrected chi connectivity index (χ4v) is 2.72. The van der Waals surface area contributed by atoms with Crippen LogP contribution in [0.3, 0.4) is 0 Å². The summed E-state index contributed by atoms with van der Waals surface area (Å²) in [5, 5.41) is 11.1. The maximum atomic E-state index is 12.2. The quantitative estimate of drug-likeness (QED) is 0.900. The van der Waals surface area contributed by atoms with Crippen LogP contribution < -0.4 is 5.32 Å². The lowest BCUT2D eigenvalue weighted by Crippen LogP contribution is -2.38. The summed E-state index contributed by atoms with van der Waals surface area (Å²) < 4.78 is 0. The molecule has 1 N–H and O–H groups in total. The number of nitrogens with zero attached hydrogens (tertiary/aromatic N) is 4. The van der Waals surface area contributed by atoms with Crippen LogP contribution >= 0.6 is 0 Å². The minimum absolute atomic E-state index is 0.178. The smallest absolute Gasteiger partial charge is 0.273 e. The highest BCUT2D eigenvalue weighted by Gasteiger charge is 2.17. The Morgan fingerprint density at radius 2 is 2.00 bits per heavy atom. The van der Waals surface area contributed by atoms with Crippen molar-refractivity contribution in [3.63, 3.8) is 0 Å². The van der Waals surface area contributed by atoms with Crippen LogP contribution in [0.15, 0.2) is 36.5 Å². The number of aromatic nitrogens is 3. The molecular weight excluding hydrogens is 306 g/mol. The van der Waals surface area contributed by atoms with Gasteiger partial charge in [0.25, 0.3) is 5.91 Å². The summed E-state index contributed by atoms with van der Waals surface area (Å²) in [6.45, 7) is 1.74. The molecule has 1 aliphatic heterocycles. The van der Waals surface area contributed by atoms with Crippen LogP contribution in [0.4, 0.5) is 0 Å². The number of likely N-dealkylation sites (tertiary alicyclic amines) is 1. The van der Waals surface area contributed by atoms with Gasteiger partial charge in [-0.15, -0.1) is 5.10 Å². The van der Waals surface area contributed by atoms with E-state index in [-0.39, 0.29) is 17.5 Å². The molecule has 1 aliphatic rings. The molecule has 1 saturated heterocycles. The fourth-order valence-electron chi connectivity index (χ4n) is 2.72. The lowest BCUT2D eigenvalue weighted by atomic mass is 10.2. The van der Waals surface area contributed by atoms with Crippen molar-refractivity contribution in [1.82, 2.24) is 25.2 Å². The van der Waals surface area contributed by atoms with Crippen LogP contribution in [-0.4, -0.2) is 51.3 Å². The largest absolute Gasteiger partial charge is 0.349 e. The molecule has 1 aromatic heterocycles. The van der Waals surface area contributed by atoms with E-state index >= 15 is 0 Å². The van der Waals surface area contributed by atoms with Crippen molar-refractivity contribution in [3.8, 4) is 5.69 Å². The van der Waals surface area contributed by atoms with E-state index < -0.39 is 0 Å². The molecule has 2 aromatic rings. The SMILES string of the molecule is O=C(NCCN1CCCCCC1=O)c1cnn(-c2ccccc2)n1. The molecule has 126 valence electrons. The monoisotopic (exact) mass is 327 g/mol. The van der Waals surface area contributed by atoms with E-state index in [1.165, 1.54) is 11.0 Å². The van der Waals surface area contributed by atoms with Crippen molar-refractivity contribution < 1.29 is 9.59 Å². The predicted molar refractivity (Wildman–Crippen MR) is 88.7 cm³/mol. The minimum Gasteiger partial charge on any atom is -0.349 e. The Morgan fingerprint density at radius 3 is 2.83 bits per heavy atom. The molecule has 0 saturated carbocycles. The van der Waals surface area contributed by atoms with Crippen LogP contribution in [0.2, 0.25) is 0 Å². The maximum absolute atomic E-state index is 12.2. The molecule has 0 bridgehead atoms. The molecule has 3 rings (SSSR count). The van der Waals surface area contributed by atoms with E-state index in [2.05, 4.69) is 15.5 Å². The summed E-state index contributed by atoms with van der Waals surface area (Å²) >= 11 is 0. The Bertz CT molecular complexity index is 698. The zero-order chi connectivity index (χ0) is 16.8. The predicted octanol–water partition coefficient (Wildman–Crippen LogP) is 1.40. The van der Waals surface area contributed by atoms with Crippen molar-refractivity contribution in [2.75, 3.05) is 19.6 Å². The molecule has 0 atom stereocenters. The Labute approximate surface area is 140 Å². The van der Waals surface area contributed by atoms with Crippen molar-refractivity contribution >= 4 is 11.8 Å². The summed E-state index contributed by atoms with van der Waals surface area (Å²) in [7, 11) is 0. The third-order valence-electron chi connectivity index (χ3n) is 4.05. The number of benzene rings is 1. The summed E-state index contributed by atoms with van der Waals surface area (Å²) in [6, 6.07) is 9.41. The van der Waals surface area contributed by atoms with Gasteiger partial charge in [-0.25, -0.2) is 0 Å². The second-order valence-electron chi connectivity index (χ2n) is 5.80. The Balaban J connectivity index is 1.52. The zero-order valence-electron chi connectivity index (χ0n) is 13.5. The molecule has 1 fully saturated rings. The molecule has 1 aromatic carbocycles. The van der Waals surface area contributed by atoms with Gasteiger partial charge in [0.15, 0.2) is 5.69 Å². The van der Waals surface area contributed by atoms with Gasteiger partial charge in [0.2, 0.25) is 5.91 Å². The van der Waals surface area contributed by atoms with Crippen LogP contribution in [0.5, 0.6) is 0 Å². The first-order valence-corrected chi connectivity index (χ1v) is 8.28. The Hall–Kier alpha value is -2.70. The highest BCUT2D eigenvalue weighted by Crippen LogP contribution is 2.10. The van der Waals surface area contributed by atoms with E-state index in [9.17, 15) is 9.59 Å². The van der Waals surface area contributed by atoms with E-state index in [1.54, 1.807) is 0 Å². The van der Waals surface area contributed by atoms with E-state index in [0.29, 0.717) is 19.5 Å². The van der Waals surface area contributed by atoms with Gasteiger partial charge < -0.3 is 10.2 Å². The number of para-hydroxylation sites is 1. The third kappa shape index (κ3) is 3.98. The number of carbonyl (C=O) groups excluding carboxylic acids is 2. The van der Waals surface area contributed by atoms with Crippen molar-refractivity contribution in [2.24, 2.45) is 0 Å². The molecule has 0 unspecified atom stereocenters. The molecule has 0 spiro atoms. The van der Waals surface area contributed by atoms with E-state index in [0.717, 1.165) is 31.5 Å². The van der Waals surface area contributed by atoms with Crippen LogP contribution in [-0.2, 0) is 4.79 Å². The van der Waals surface area contributed by atoms with Crippen molar-refractivity contribution in [2.45, 2.75) is 25.7 Å². The molecule has 2 amide bonds. The lowest BCUT2D eigenvalue weighted by Gasteiger charge is -2.20. The van der Waals surface area contributed by atoms with Gasteiger partial charge in [-0.2, -0.15) is 9.90 Å². The highest BCUT2D eigenvalue weighted by atomic mass is 16.2. The Kier molecular flexibility index (Phi) is 5.20. The number of hydrogen-bond donors (Lipinski definition) is 1. The number of hydrogen-bond acceptors (Lipinski definition) is 4. The van der Waals surface area contributed by atoms with E-state index in [4.69, 9.17) is 0 Å². The topological polar surface area (TPSA) is 80.1 Å². The Morgan fingerprint density at radius 1 is 1.17 bits per heavy atom. The first-order valence-electron chi connectivity index (χ1n) is 8.28. The maximum Gasteiger partial charge on any atom is 0.273 e. The summed E-state index contributed by atoms with van der Waals surface area (Å²) in [6.07, 6.45) is 5.14. The van der Waals surface area contributed by atoms with Gasteiger partial charge in [0, 0.05) is 26.1 Å². The minimum atomic E-state index is -0.278. The number of nitrogens with one attached hydrogen (secondary N) is 1. The second-order valence-corrected chi connectivity index (χ2v) is 5.80. The summed E-state index contributed by atoms with van der Waals surface area (Å²) in [5.41, 5.74) is 1.06. The van der Waals surface area contributed by atoms with Gasteiger partial charge in [0.05, 0.1) is 11.9 Å². The molecule has 0 radical (unpaired) electrons. The molecular formula is C17H21N5O2. The second kappa shape index (κ2) is 7.72. The summed E-state index contributed by atoms with van der Waals surface area (Å²) in [4.78, 5) is 27.3. The average molecular weight is 327 g/mol. The number of rotatable bonds is 5. The average Bonchev–Trinajstić information content (AvgIpc) is 3.02. The van der Waals surface area contributed by atoms with Crippen molar-refractivity contribution in [3.05, 3.63) is 42.2 Å². The van der Waals surface area contributed by atoms with Gasteiger partial charge in [-0.3, -0.25) is 9.59 Å². The molecule has 7 nitrogen and oxygen atoms in total. The molecule has 0 aliphatic carbocycles. The van der Waals surface area contributed by atoms with Gasteiger partial charge in [-0.1, -0.05) is 24.6 Å². The normalized spacial score (nSPS) is 15.2. The van der Waals surface area contributed by atoms with Gasteiger partial charge in [-0.05, 0) is 25.0 Å². The standard InChI is InChI=1S/C17H21N5O2/c23-16-9-5-2-6-11-21(16)12-10-18-17(24)15-13-19-22(20-15)14-7-3-1-4-8-14/h1,3-4,7-8,13H,2,5-6,9-12H2,(H,18,24). The highest BCUT2D eigenvalue weighted by molar-refractivity contribution is 5.91. The van der Waals surface area contributed by atoms with Crippen molar-refractivity contribution in [1.29, 1.82) is 0 Å². The first-order chi connectivity index (χ1) is 11.7. The lowest BCUT2D eigenvalue weighted by molar-refractivity contribution is -0.130. The molecule has 24 heavy (non-hydrogen) atoms. The van der Waals surface area contributed by atoms with Crippen LogP contribution in [0, 0.1) is 0 Å². The molecule has 7 heteroatoms. The van der Waals surface area contributed by atoms with E-state index in [1.807, 2.05) is 35.2 Å². The third-order valence-corrected chi connectivity index (χ3v) is 4.05. The van der Waals surface area contributed by atoms with Crippen LogP contribution in [0.1, 0.15) is 36.2 Å². The van der Waals surface area contributed by atoms with Gasteiger partial charge in [0.1, 0.15) is 0 Å². The van der Waals surface area contributed by atoms with Gasteiger partial charge >= 0.3 is 0 Å². The molecule has 2 heterocycles. The number of amides is 2. The number of carbonyl (C=O) groups is 2. The fraction of sp³-hybridized carbons (Fsp3) is 0.412. The summed E-state index contributed by atoms with van der Waals surface area (Å²) in [5.74, 6) is -0.101. The first kappa shape index (κ1) is 16.2. The van der Waals surface area contributed by atoms with Crippen LogP contribution in [0.25, 0.3) is 5.69 Å². The zero-order valence-corrected chi connectivity index (χ0v) is 13.5.